The van der Waals surface area contributed by atoms with Crippen molar-refractivity contribution in [2.45, 2.75) is 19.1 Å². The summed E-state index contributed by atoms with van der Waals surface area (Å²) >= 11 is 3.41. The maximum atomic E-state index is 12.7. The predicted molar refractivity (Wildman–Crippen MR) is 106 cm³/mol. The highest BCUT2D eigenvalue weighted by atomic mass is 79.9. The molecular formula is C18H18BrN3O2S. The van der Waals surface area contributed by atoms with Crippen molar-refractivity contribution in [2.24, 2.45) is 0 Å². The average molecular weight is 420 g/mol. The minimum absolute atomic E-state index is 0.0232. The number of imidazole rings is 1. The fourth-order valence-corrected chi connectivity index (χ4v) is 4.30. The molecule has 0 fully saturated rings. The van der Waals surface area contributed by atoms with Crippen LogP contribution in [0, 0.1) is 0 Å². The lowest BCUT2D eigenvalue weighted by atomic mass is 9.99. The zero-order chi connectivity index (χ0) is 18.2. The van der Waals surface area contributed by atoms with Gasteiger partial charge in [0, 0.05) is 0 Å². The van der Waals surface area contributed by atoms with Crippen LogP contribution in [0.2, 0.25) is 0 Å². The van der Waals surface area contributed by atoms with Gasteiger partial charge in [-0.25, -0.2) is 17.4 Å². The van der Waals surface area contributed by atoms with E-state index >= 15 is 0 Å². The van der Waals surface area contributed by atoms with Crippen LogP contribution in [-0.2, 0) is 10.0 Å². The van der Waals surface area contributed by atoms with E-state index in [1.54, 1.807) is 26.0 Å². The molecule has 0 aliphatic carbocycles. The van der Waals surface area contributed by atoms with E-state index in [9.17, 15) is 8.42 Å². The number of benzene rings is 2. The molecule has 0 saturated carbocycles. The molecule has 130 valence electrons. The number of halogens is 1. The summed E-state index contributed by atoms with van der Waals surface area (Å²) in [6, 6.07) is 15.3. The van der Waals surface area contributed by atoms with E-state index in [4.69, 9.17) is 5.73 Å². The number of nitrogen functional groups attached to an aromatic ring is 1. The van der Waals surface area contributed by atoms with Crippen LogP contribution in [0.25, 0.3) is 16.6 Å². The molecule has 0 spiro atoms. The molecule has 7 heteroatoms. The molecule has 0 atom stereocenters. The molecule has 25 heavy (non-hydrogen) atoms. The molecule has 0 amide bonds. The average Bonchev–Trinajstić information content (AvgIpc) is 2.92. The van der Waals surface area contributed by atoms with Crippen molar-refractivity contribution in [3.8, 4) is 0 Å². The first-order chi connectivity index (χ1) is 11.9. The first kappa shape index (κ1) is 17.7. The molecule has 0 unspecified atom stereocenters. The lowest BCUT2D eigenvalue weighted by molar-refractivity contribution is 0.580. The first-order valence-corrected chi connectivity index (χ1v) is 10.2. The molecule has 0 radical (unpaired) electrons. The van der Waals surface area contributed by atoms with Crippen LogP contribution in [0.15, 0.2) is 53.5 Å². The van der Waals surface area contributed by atoms with Crippen molar-refractivity contribution in [1.29, 1.82) is 0 Å². The fraction of sp³-hybridized carbons (Fsp3) is 0.167. The number of nitrogens with two attached hydrogens (primary N) is 1. The van der Waals surface area contributed by atoms with Gasteiger partial charge in [-0.3, -0.25) is 0 Å². The summed E-state index contributed by atoms with van der Waals surface area (Å²) < 4.78 is 26.5. The monoisotopic (exact) mass is 419 g/mol. The summed E-state index contributed by atoms with van der Waals surface area (Å²) in [5.74, 6) is -0.0232. The van der Waals surface area contributed by atoms with E-state index in [1.165, 1.54) is 0 Å². The Morgan fingerprint density at radius 1 is 1.16 bits per heavy atom. The highest BCUT2D eigenvalue weighted by Crippen LogP contribution is 2.29. The summed E-state index contributed by atoms with van der Waals surface area (Å²) in [5, 5.41) is -0.601. The largest absolute Gasteiger partial charge is 0.368 e. The first-order valence-electron chi connectivity index (χ1n) is 7.75. The van der Waals surface area contributed by atoms with Gasteiger partial charge in [-0.2, -0.15) is 0 Å². The molecule has 3 rings (SSSR count). The Bertz CT molecular complexity index is 1050. The van der Waals surface area contributed by atoms with Crippen molar-refractivity contribution in [3.05, 3.63) is 64.6 Å². The SMILES string of the molecule is CC(C)S(=O)(=O)n1c(N)nc2ccc(C(=CBr)c3ccccc3)cc21. The van der Waals surface area contributed by atoms with Crippen LogP contribution in [0.3, 0.4) is 0 Å². The number of rotatable bonds is 4. The zero-order valence-corrected chi connectivity index (χ0v) is 16.3. The van der Waals surface area contributed by atoms with Crippen molar-refractivity contribution >= 4 is 48.5 Å². The zero-order valence-electron chi connectivity index (χ0n) is 13.8. The van der Waals surface area contributed by atoms with E-state index in [-0.39, 0.29) is 5.95 Å². The fourth-order valence-electron chi connectivity index (χ4n) is 2.63. The van der Waals surface area contributed by atoms with Gasteiger partial charge in [-0.15, -0.1) is 0 Å². The van der Waals surface area contributed by atoms with Crippen molar-refractivity contribution in [3.63, 3.8) is 0 Å². The summed E-state index contributed by atoms with van der Waals surface area (Å²) in [5.41, 5.74) is 9.75. The summed E-state index contributed by atoms with van der Waals surface area (Å²) in [6.07, 6.45) is 0. The molecule has 1 heterocycles. The second-order valence-electron chi connectivity index (χ2n) is 5.92. The standard InChI is InChI=1S/C18H18BrN3O2S/c1-12(2)25(23,24)22-17-10-14(8-9-16(17)21-18(22)20)15(11-19)13-6-4-3-5-7-13/h3-12H,1-2H3,(H2,20,21). The van der Waals surface area contributed by atoms with Gasteiger partial charge in [-0.05, 0) is 47.7 Å². The molecule has 5 nitrogen and oxygen atoms in total. The topological polar surface area (TPSA) is 78.0 Å². The molecule has 2 aromatic carbocycles. The molecule has 1 aromatic heterocycles. The van der Waals surface area contributed by atoms with E-state index in [2.05, 4.69) is 20.9 Å². The van der Waals surface area contributed by atoms with Crippen LogP contribution >= 0.6 is 15.9 Å². The highest BCUT2D eigenvalue weighted by molar-refractivity contribution is 9.11. The predicted octanol–water partition coefficient (Wildman–Crippen LogP) is 3.99. The van der Waals surface area contributed by atoms with Gasteiger partial charge in [0.2, 0.25) is 16.0 Å². The third-order valence-electron chi connectivity index (χ3n) is 3.99. The third kappa shape index (κ3) is 3.09. The Morgan fingerprint density at radius 2 is 1.84 bits per heavy atom. The number of hydrogen-bond donors (Lipinski definition) is 1. The number of nitrogens with zero attached hydrogens (tertiary/aromatic N) is 2. The minimum atomic E-state index is -3.61. The van der Waals surface area contributed by atoms with E-state index < -0.39 is 15.3 Å². The lowest BCUT2D eigenvalue weighted by Gasteiger charge is -2.12. The Kier molecular flexibility index (Phi) is 4.71. The van der Waals surface area contributed by atoms with E-state index in [1.807, 2.05) is 41.4 Å². The number of hydrogen-bond acceptors (Lipinski definition) is 4. The smallest absolute Gasteiger partial charge is 0.244 e. The Hall–Kier alpha value is -2.12. The third-order valence-corrected chi connectivity index (χ3v) is 6.53. The minimum Gasteiger partial charge on any atom is -0.368 e. The molecule has 2 N–H and O–H groups in total. The van der Waals surface area contributed by atoms with Crippen molar-refractivity contribution < 1.29 is 8.42 Å². The summed E-state index contributed by atoms with van der Waals surface area (Å²) in [6.45, 7) is 3.25. The van der Waals surface area contributed by atoms with Crippen LogP contribution in [0.5, 0.6) is 0 Å². The Balaban J connectivity index is 2.24. The second kappa shape index (κ2) is 6.65. The van der Waals surface area contributed by atoms with Gasteiger partial charge < -0.3 is 5.73 Å². The quantitative estimate of drug-likeness (QED) is 0.693. The maximum absolute atomic E-state index is 12.7. The summed E-state index contributed by atoms with van der Waals surface area (Å²) in [4.78, 5) is 6.02. The second-order valence-corrected chi connectivity index (χ2v) is 8.72. The molecular weight excluding hydrogens is 402 g/mol. The van der Waals surface area contributed by atoms with Gasteiger partial charge in [0.05, 0.1) is 16.3 Å². The van der Waals surface area contributed by atoms with Crippen LogP contribution in [-0.4, -0.2) is 22.6 Å². The summed E-state index contributed by atoms with van der Waals surface area (Å²) in [7, 11) is -3.61. The van der Waals surface area contributed by atoms with E-state index in [0.717, 1.165) is 20.7 Å². The van der Waals surface area contributed by atoms with Crippen LogP contribution < -0.4 is 5.73 Å². The number of aromatic nitrogens is 2. The molecule has 0 aliphatic heterocycles. The number of fused-ring (bicyclic) bond motifs is 1. The molecule has 0 saturated heterocycles. The highest BCUT2D eigenvalue weighted by Gasteiger charge is 2.24. The van der Waals surface area contributed by atoms with E-state index in [0.29, 0.717) is 11.0 Å². The lowest BCUT2D eigenvalue weighted by Crippen LogP contribution is -2.23. The van der Waals surface area contributed by atoms with Crippen molar-refractivity contribution in [1.82, 2.24) is 8.96 Å². The van der Waals surface area contributed by atoms with Crippen LogP contribution in [0.1, 0.15) is 25.0 Å². The van der Waals surface area contributed by atoms with Gasteiger partial charge in [0.15, 0.2) is 0 Å². The number of anilines is 1. The maximum Gasteiger partial charge on any atom is 0.244 e. The molecule has 3 aromatic rings. The normalized spacial score (nSPS) is 12.9. The Morgan fingerprint density at radius 3 is 2.44 bits per heavy atom. The van der Waals surface area contributed by atoms with Crippen molar-refractivity contribution in [2.75, 3.05) is 5.73 Å². The molecule has 0 aliphatic rings. The van der Waals surface area contributed by atoms with Gasteiger partial charge in [0.1, 0.15) is 0 Å². The molecule has 0 bridgehead atoms. The van der Waals surface area contributed by atoms with Gasteiger partial charge in [0.25, 0.3) is 0 Å². The Labute approximate surface area is 155 Å². The van der Waals surface area contributed by atoms with Gasteiger partial charge >= 0.3 is 0 Å². The van der Waals surface area contributed by atoms with Gasteiger partial charge in [-0.1, -0.05) is 52.3 Å². The van der Waals surface area contributed by atoms with Crippen LogP contribution in [0.4, 0.5) is 5.95 Å².